The molecular formula is C17H17N5O. The van der Waals surface area contributed by atoms with Crippen molar-refractivity contribution in [1.29, 1.82) is 0 Å². The zero-order chi connectivity index (χ0) is 16.2. The first-order valence-corrected chi connectivity index (χ1v) is 7.36. The zero-order valence-corrected chi connectivity index (χ0v) is 12.8. The molecule has 1 aromatic heterocycles. The summed E-state index contributed by atoms with van der Waals surface area (Å²) >= 11 is 0. The van der Waals surface area contributed by atoms with Crippen LogP contribution in [0.4, 0.5) is 16.4 Å². The molecule has 3 aromatic rings. The molecule has 0 aliphatic carbocycles. The standard InChI is InChI=1S/C17H17N5O/c1-2-15-19-17(22(20-15)14-11-7-4-8-12-14)21(16(18)23)13-9-5-3-6-10-13/h3-12H,2H2,1H3,(H2,18,23). The molecule has 0 saturated heterocycles. The lowest BCUT2D eigenvalue weighted by Gasteiger charge is -2.19. The van der Waals surface area contributed by atoms with Gasteiger partial charge in [-0.05, 0) is 24.3 Å². The summed E-state index contributed by atoms with van der Waals surface area (Å²) < 4.78 is 1.64. The Hall–Kier alpha value is -3.15. The van der Waals surface area contributed by atoms with Crippen LogP contribution in [0, 0.1) is 0 Å². The quantitative estimate of drug-likeness (QED) is 0.804. The van der Waals surface area contributed by atoms with E-state index >= 15 is 0 Å². The van der Waals surface area contributed by atoms with E-state index in [9.17, 15) is 4.79 Å². The third kappa shape index (κ3) is 2.91. The van der Waals surface area contributed by atoms with Gasteiger partial charge in [0.15, 0.2) is 5.82 Å². The van der Waals surface area contributed by atoms with Crippen molar-refractivity contribution in [3.05, 3.63) is 66.5 Å². The number of nitrogens with two attached hydrogens (primary N) is 1. The van der Waals surface area contributed by atoms with Gasteiger partial charge < -0.3 is 5.73 Å². The highest BCUT2D eigenvalue weighted by atomic mass is 16.2. The van der Waals surface area contributed by atoms with Gasteiger partial charge in [-0.15, -0.1) is 5.10 Å². The van der Waals surface area contributed by atoms with E-state index in [-0.39, 0.29) is 0 Å². The molecule has 6 nitrogen and oxygen atoms in total. The molecule has 0 aliphatic heterocycles. The van der Waals surface area contributed by atoms with Crippen LogP contribution in [0.3, 0.4) is 0 Å². The molecule has 3 rings (SSSR count). The fourth-order valence-corrected chi connectivity index (χ4v) is 2.30. The van der Waals surface area contributed by atoms with Gasteiger partial charge in [-0.25, -0.2) is 9.69 Å². The van der Waals surface area contributed by atoms with E-state index in [1.807, 2.05) is 55.5 Å². The van der Waals surface area contributed by atoms with E-state index in [0.717, 1.165) is 5.69 Å². The number of carbonyl (C=O) groups is 1. The predicted octanol–water partition coefficient (Wildman–Crippen LogP) is 3.05. The lowest BCUT2D eigenvalue weighted by Crippen LogP contribution is -2.33. The fraction of sp³-hybridized carbons (Fsp3) is 0.118. The SMILES string of the molecule is CCc1nc(N(C(N)=O)c2ccccc2)n(-c2ccccc2)n1. The summed E-state index contributed by atoms with van der Waals surface area (Å²) in [4.78, 5) is 17.9. The number of para-hydroxylation sites is 2. The number of anilines is 2. The Kier molecular flexibility index (Phi) is 4.05. The number of aromatic nitrogens is 3. The van der Waals surface area contributed by atoms with Gasteiger partial charge in [0.1, 0.15) is 0 Å². The van der Waals surface area contributed by atoms with Crippen LogP contribution in [0.25, 0.3) is 5.69 Å². The molecular weight excluding hydrogens is 290 g/mol. The second-order valence-electron chi connectivity index (χ2n) is 4.94. The Morgan fingerprint density at radius 3 is 2.26 bits per heavy atom. The third-order valence-corrected chi connectivity index (χ3v) is 3.39. The number of amides is 2. The highest BCUT2D eigenvalue weighted by molar-refractivity contribution is 5.96. The van der Waals surface area contributed by atoms with E-state index in [0.29, 0.717) is 23.9 Å². The van der Waals surface area contributed by atoms with E-state index in [4.69, 9.17) is 5.73 Å². The van der Waals surface area contributed by atoms with Crippen molar-refractivity contribution in [3.8, 4) is 5.69 Å². The number of benzene rings is 2. The minimum Gasteiger partial charge on any atom is -0.351 e. The predicted molar refractivity (Wildman–Crippen MR) is 88.9 cm³/mol. The molecule has 6 heteroatoms. The molecule has 0 radical (unpaired) electrons. The van der Waals surface area contributed by atoms with Gasteiger partial charge in [-0.1, -0.05) is 43.3 Å². The van der Waals surface area contributed by atoms with Crippen LogP contribution in [0.1, 0.15) is 12.7 Å². The average molecular weight is 307 g/mol. The molecule has 116 valence electrons. The van der Waals surface area contributed by atoms with Crippen LogP contribution >= 0.6 is 0 Å². The molecule has 23 heavy (non-hydrogen) atoms. The normalized spacial score (nSPS) is 10.5. The van der Waals surface area contributed by atoms with Crippen LogP contribution in [-0.4, -0.2) is 20.8 Å². The summed E-state index contributed by atoms with van der Waals surface area (Å²) in [6.07, 6.45) is 0.661. The summed E-state index contributed by atoms with van der Waals surface area (Å²) in [5.41, 5.74) is 7.07. The lowest BCUT2D eigenvalue weighted by molar-refractivity contribution is 0.255. The molecule has 2 amide bonds. The number of hydrogen-bond donors (Lipinski definition) is 1. The van der Waals surface area contributed by atoms with Crippen LogP contribution in [0.2, 0.25) is 0 Å². The Balaban J connectivity index is 2.17. The number of nitrogens with zero attached hydrogens (tertiary/aromatic N) is 4. The van der Waals surface area contributed by atoms with Crippen LogP contribution in [-0.2, 0) is 6.42 Å². The summed E-state index contributed by atoms with van der Waals surface area (Å²) in [5.74, 6) is 1.03. The molecule has 0 fully saturated rings. The topological polar surface area (TPSA) is 77.0 Å². The lowest BCUT2D eigenvalue weighted by atomic mass is 10.3. The average Bonchev–Trinajstić information content (AvgIpc) is 3.00. The Morgan fingerprint density at radius 2 is 1.70 bits per heavy atom. The Morgan fingerprint density at radius 1 is 1.09 bits per heavy atom. The minimum absolute atomic E-state index is 0.381. The number of rotatable bonds is 4. The fourth-order valence-electron chi connectivity index (χ4n) is 2.30. The molecule has 2 N–H and O–H groups in total. The van der Waals surface area contributed by atoms with Crippen molar-refractivity contribution in [2.45, 2.75) is 13.3 Å². The summed E-state index contributed by atoms with van der Waals surface area (Å²) in [7, 11) is 0. The number of primary amides is 1. The van der Waals surface area contributed by atoms with Crippen LogP contribution < -0.4 is 10.6 Å². The van der Waals surface area contributed by atoms with Crippen molar-refractivity contribution in [2.75, 3.05) is 4.90 Å². The number of hydrogen-bond acceptors (Lipinski definition) is 3. The van der Waals surface area contributed by atoms with Gasteiger partial charge in [-0.2, -0.15) is 9.67 Å². The first-order valence-electron chi connectivity index (χ1n) is 7.36. The first kappa shape index (κ1) is 14.8. The summed E-state index contributed by atoms with van der Waals surface area (Å²) in [6.45, 7) is 1.96. The molecule has 0 saturated carbocycles. The van der Waals surface area contributed by atoms with E-state index in [2.05, 4.69) is 10.1 Å². The molecule has 2 aromatic carbocycles. The number of aryl methyl sites for hydroxylation is 1. The molecule has 0 unspecified atom stereocenters. The first-order chi connectivity index (χ1) is 11.2. The van der Waals surface area contributed by atoms with Gasteiger partial charge >= 0.3 is 6.03 Å². The van der Waals surface area contributed by atoms with Gasteiger partial charge in [0.25, 0.3) is 0 Å². The molecule has 0 aliphatic rings. The van der Waals surface area contributed by atoms with Crippen molar-refractivity contribution in [3.63, 3.8) is 0 Å². The van der Waals surface area contributed by atoms with Crippen molar-refractivity contribution >= 4 is 17.7 Å². The molecule has 0 atom stereocenters. The van der Waals surface area contributed by atoms with E-state index in [1.54, 1.807) is 16.8 Å². The van der Waals surface area contributed by atoms with Gasteiger partial charge in [-0.3, -0.25) is 0 Å². The summed E-state index contributed by atoms with van der Waals surface area (Å²) in [5, 5.41) is 4.48. The zero-order valence-electron chi connectivity index (χ0n) is 12.8. The molecule has 0 spiro atoms. The van der Waals surface area contributed by atoms with E-state index < -0.39 is 6.03 Å². The highest BCUT2D eigenvalue weighted by Gasteiger charge is 2.23. The second-order valence-corrected chi connectivity index (χ2v) is 4.94. The third-order valence-electron chi connectivity index (χ3n) is 3.39. The highest BCUT2D eigenvalue weighted by Crippen LogP contribution is 2.25. The number of urea groups is 1. The minimum atomic E-state index is -0.608. The maximum atomic E-state index is 12.0. The number of carbonyl (C=O) groups excluding carboxylic acids is 1. The molecule has 1 heterocycles. The molecule has 0 bridgehead atoms. The van der Waals surface area contributed by atoms with Crippen molar-refractivity contribution < 1.29 is 4.79 Å². The monoisotopic (exact) mass is 307 g/mol. The Labute approximate surface area is 134 Å². The van der Waals surface area contributed by atoms with Gasteiger partial charge in [0.05, 0.1) is 11.4 Å². The van der Waals surface area contributed by atoms with Crippen molar-refractivity contribution in [1.82, 2.24) is 14.8 Å². The maximum Gasteiger partial charge on any atom is 0.326 e. The largest absolute Gasteiger partial charge is 0.351 e. The smallest absolute Gasteiger partial charge is 0.326 e. The van der Waals surface area contributed by atoms with Crippen molar-refractivity contribution in [2.24, 2.45) is 5.73 Å². The van der Waals surface area contributed by atoms with Crippen LogP contribution in [0.5, 0.6) is 0 Å². The summed E-state index contributed by atoms with van der Waals surface area (Å²) in [6, 6.07) is 18.1. The second kappa shape index (κ2) is 6.31. The Bertz CT molecular complexity index is 798. The van der Waals surface area contributed by atoms with Gasteiger partial charge in [0, 0.05) is 6.42 Å². The maximum absolute atomic E-state index is 12.0. The van der Waals surface area contributed by atoms with Gasteiger partial charge in [0.2, 0.25) is 5.95 Å². The van der Waals surface area contributed by atoms with Crippen LogP contribution in [0.15, 0.2) is 60.7 Å². The van der Waals surface area contributed by atoms with E-state index in [1.165, 1.54) is 4.90 Å².